The van der Waals surface area contributed by atoms with Gasteiger partial charge in [0.1, 0.15) is 0 Å². The summed E-state index contributed by atoms with van der Waals surface area (Å²) in [5.74, 6) is -1.08. The van der Waals surface area contributed by atoms with Crippen LogP contribution < -0.4 is 5.32 Å². The molecule has 0 radical (unpaired) electrons. The van der Waals surface area contributed by atoms with Crippen molar-refractivity contribution in [3.8, 4) is 0 Å². The van der Waals surface area contributed by atoms with E-state index in [4.69, 9.17) is 5.11 Å². The summed E-state index contributed by atoms with van der Waals surface area (Å²) in [5, 5.41) is 14.0. The van der Waals surface area contributed by atoms with E-state index in [1.165, 1.54) is 4.88 Å². The molecule has 2 N–H and O–H groups in total. The van der Waals surface area contributed by atoms with Gasteiger partial charge < -0.3 is 10.4 Å². The van der Waals surface area contributed by atoms with Gasteiger partial charge in [0, 0.05) is 23.4 Å². The molecule has 0 aliphatic heterocycles. The van der Waals surface area contributed by atoms with E-state index in [9.17, 15) is 4.79 Å². The zero-order valence-corrected chi connectivity index (χ0v) is 10.8. The van der Waals surface area contributed by atoms with Crippen LogP contribution in [0.2, 0.25) is 0 Å². The van der Waals surface area contributed by atoms with Crippen LogP contribution in [0.5, 0.6) is 0 Å². The molecule has 0 aliphatic rings. The highest BCUT2D eigenvalue weighted by Gasteiger charge is 2.21. The van der Waals surface area contributed by atoms with Crippen LogP contribution in [-0.4, -0.2) is 24.2 Å². The Bertz CT molecular complexity index is 333. The molecule has 0 saturated heterocycles. The van der Waals surface area contributed by atoms with Gasteiger partial charge in [0.05, 0.1) is 5.92 Å². The predicted octanol–water partition coefficient (Wildman–Crippen LogP) is 2.34. The molecule has 0 aliphatic carbocycles. The van der Waals surface area contributed by atoms with Crippen molar-refractivity contribution in [2.24, 2.45) is 5.92 Å². The van der Waals surface area contributed by atoms with Gasteiger partial charge in [-0.25, -0.2) is 0 Å². The number of hydrogen-bond donors (Lipinski definition) is 2. The zero-order chi connectivity index (χ0) is 12.2. The summed E-state index contributed by atoms with van der Waals surface area (Å²) in [6.45, 7) is 7.36. The number of carboxylic acid groups (broad SMARTS) is 1. The van der Waals surface area contributed by atoms with Crippen LogP contribution in [0.1, 0.15) is 25.6 Å². The van der Waals surface area contributed by atoms with E-state index in [0.717, 1.165) is 6.54 Å². The molecule has 0 aromatic carbocycles. The second kappa shape index (κ2) is 5.46. The molecule has 16 heavy (non-hydrogen) atoms. The minimum atomic E-state index is -0.749. The lowest BCUT2D eigenvalue weighted by atomic mass is 9.91. The number of aliphatic carboxylic acids is 1. The second-order valence-corrected chi connectivity index (χ2v) is 5.68. The van der Waals surface area contributed by atoms with Crippen LogP contribution in [-0.2, 0) is 10.2 Å². The van der Waals surface area contributed by atoms with Gasteiger partial charge in [0.15, 0.2) is 0 Å². The first-order chi connectivity index (χ1) is 7.43. The molecule has 90 valence electrons. The molecule has 1 heterocycles. The van der Waals surface area contributed by atoms with Gasteiger partial charge in [-0.1, -0.05) is 26.8 Å². The average Bonchev–Trinajstić information content (AvgIpc) is 2.70. The fourth-order valence-corrected chi connectivity index (χ4v) is 2.29. The maximum Gasteiger partial charge on any atom is 0.307 e. The van der Waals surface area contributed by atoms with E-state index < -0.39 is 5.97 Å². The van der Waals surface area contributed by atoms with E-state index in [-0.39, 0.29) is 11.3 Å². The Morgan fingerprint density at radius 2 is 2.31 bits per heavy atom. The van der Waals surface area contributed by atoms with Gasteiger partial charge >= 0.3 is 5.97 Å². The first kappa shape index (κ1) is 13.2. The third kappa shape index (κ3) is 3.61. The van der Waals surface area contributed by atoms with Crippen molar-refractivity contribution >= 4 is 17.3 Å². The highest BCUT2D eigenvalue weighted by Crippen LogP contribution is 2.26. The summed E-state index contributed by atoms with van der Waals surface area (Å²) < 4.78 is 0. The van der Waals surface area contributed by atoms with Gasteiger partial charge in [-0.05, 0) is 11.4 Å². The van der Waals surface area contributed by atoms with Crippen molar-refractivity contribution < 1.29 is 9.90 Å². The standard InChI is InChI=1S/C12H19NO2S/c1-9(11(14)15)7-13-8-12(2,3)10-5-4-6-16-10/h4-6,9,13H,7-8H2,1-3H3,(H,14,15). The summed E-state index contributed by atoms with van der Waals surface area (Å²) in [5.41, 5.74) is 0.0619. The Kier molecular flexibility index (Phi) is 4.50. The lowest BCUT2D eigenvalue weighted by Gasteiger charge is -2.24. The molecule has 4 heteroatoms. The average molecular weight is 241 g/mol. The van der Waals surface area contributed by atoms with Crippen LogP contribution in [0, 0.1) is 5.92 Å². The highest BCUT2D eigenvalue weighted by atomic mass is 32.1. The van der Waals surface area contributed by atoms with Crippen molar-refractivity contribution in [1.29, 1.82) is 0 Å². The summed E-state index contributed by atoms with van der Waals surface area (Å²) in [6, 6.07) is 4.16. The number of hydrogen-bond acceptors (Lipinski definition) is 3. The Morgan fingerprint density at radius 3 is 2.81 bits per heavy atom. The lowest BCUT2D eigenvalue weighted by Crippen LogP contribution is -2.36. The number of rotatable bonds is 6. The van der Waals surface area contributed by atoms with Gasteiger partial charge in [0.25, 0.3) is 0 Å². The van der Waals surface area contributed by atoms with Gasteiger partial charge in [-0.15, -0.1) is 11.3 Å². The van der Waals surface area contributed by atoms with Gasteiger partial charge in [-0.3, -0.25) is 4.79 Å². The molecule has 1 atom stereocenters. The predicted molar refractivity (Wildman–Crippen MR) is 67.0 cm³/mol. The van der Waals surface area contributed by atoms with Gasteiger partial charge in [0.2, 0.25) is 0 Å². The quantitative estimate of drug-likeness (QED) is 0.803. The molecule has 1 rings (SSSR count). The summed E-state index contributed by atoms with van der Waals surface area (Å²) in [4.78, 5) is 12.0. The smallest absolute Gasteiger partial charge is 0.307 e. The lowest BCUT2D eigenvalue weighted by molar-refractivity contribution is -0.140. The number of carboxylic acids is 1. The van der Waals surface area contributed by atoms with Crippen LogP contribution in [0.15, 0.2) is 17.5 Å². The highest BCUT2D eigenvalue weighted by molar-refractivity contribution is 7.10. The Hall–Kier alpha value is -0.870. The van der Waals surface area contributed by atoms with E-state index in [1.54, 1.807) is 18.3 Å². The van der Waals surface area contributed by atoms with Crippen LogP contribution in [0.3, 0.4) is 0 Å². The van der Waals surface area contributed by atoms with Crippen molar-refractivity contribution in [2.75, 3.05) is 13.1 Å². The Labute approximate surface area is 100 Å². The normalized spacial score (nSPS) is 13.7. The molecule has 3 nitrogen and oxygen atoms in total. The second-order valence-electron chi connectivity index (χ2n) is 4.73. The molecule has 0 saturated carbocycles. The van der Waals surface area contributed by atoms with E-state index in [2.05, 4.69) is 30.6 Å². The molecule has 0 amide bonds. The fourth-order valence-electron chi connectivity index (χ4n) is 1.44. The van der Waals surface area contributed by atoms with E-state index in [0.29, 0.717) is 6.54 Å². The van der Waals surface area contributed by atoms with Crippen LogP contribution >= 0.6 is 11.3 Å². The number of thiophene rings is 1. The first-order valence-electron chi connectivity index (χ1n) is 5.41. The topological polar surface area (TPSA) is 49.3 Å². The minimum Gasteiger partial charge on any atom is -0.481 e. The monoisotopic (exact) mass is 241 g/mol. The molecule has 1 aromatic heterocycles. The third-order valence-electron chi connectivity index (χ3n) is 2.63. The summed E-state index contributed by atoms with van der Waals surface area (Å²) >= 11 is 1.74. The fraction of sp³-hybridized carbons (Fsp3) is 0.583. The largest absolute Gasteiger partial charge is 0.481 e. The summed E-state index contributed by atoms with van der Waals surface area (Å²) in [6.07, 6.45) is 0. The maximum atomic E-state index is 10.6. The zero-order valence-electron chi connectivity index (χ0n) is 9.99. The Balaban J connectivity index is 2.40. The van der Waals surface area contributed by atoms with E-state index >= 15 is 0 Å². The van der Waals surface area contributed by atoms with Crippen molar-refractivity contribution in [1.82, 2.24) is 5.32 Å². The Morgan fingerprint density at radius 1 is 1.62 bits per heavy atom. The van der Waals surface area contributed by atoms with E-state index in [1.807, 2.05) is 6.07 Å². The van der Waals surface area contributed by atoms with Gasteiger partial charge in [-0.2, -0.15) is 0 Å². The molecular formula is C12H19NO2S. The van der Waals surface area contributed by atoms with Crippen molar-refractivity contribution in [2.45, 2.75) is 26.2 Å². The van der Waals surface area contributed by atoms with Crippen molar-refractivity contribution in [3.63, 3.8) is 0 Å². The number of nitrogens with one attached hydrogen (secondary N) is 1. The SMILES string of the molecule is CC(CNCC(C)(C)c1cccs1)C(=O)O. The molecular weight excluding hydrogens is 222 g/mol. The molecule has 0 fully saturated rings. The molecule has 0 spiro atoms. The maximum absolute atomic E-state index is 10.6. The van der Waals surface area contributed by atoms with Crippen LogP contribution in [0.4, 0.5) is 0 Å². The minimum absolute atomic E-state index is 0.0619. The molecule has 1 aromatic rings. The first-order valence-corrected chi connectivity index (χ1v) is 6.29. The molecule has 1 unspecified atom stereocenters. The van der Waals surface area contributed by atoms with Crippen molar-refractivity contribution in [3.05, 3.63) is 22.4 Å². The molecule has 0 bridgehead atoms. The third-order valence-corrected chi connectivity index (χ3v) is 3.86. The van der Waals surface area contributed by atoms with Crippen LogP contribution in [0.25, 0.3) is 0 Å². The summed E-state index contributed by atoms with van der Waals surface area (Å²) in [7, 11) is 0. The number of carbonyl (C=O) groups is 1.